The lowest BCUT2D eigenvalue weighted by Crippen LogP contribution is -2.23. The molecule has 0 saturated heterocycles. The van der Waals surface area contributed by atoms with Gasteiger partial charge in [-0.3, -0.25) is 4.79 Å². The summed E-state index contributed by atoms with van der Waals surface area (Å²) in [5.74, 6) is 0.916. The van der Waals surface area contributed by atoms with E-state index >= 15 is 0 Å². The third kappa shape index (κ3) is 3.27. The first-order valence-electron chi connectivity index (χ1n) is 7.06. The number of para-hydroxylation sites is 1. The van der Waals surface area contributed by atoms with E-state index in [9.17, 15) is 4.79 Å². The topological polar surface area (TPSA) is 60.5 Å². The van der Waals surface area contributed by atoms with Gasteiger partial charge in [0.15, 0.2) is 0 Å². The molecule has 0 radical (unpaired) electrons. The summed E-state index contributed by atoms with van der Waals surface area (Å²) in [5, 5.41) is 3.74. The smallest absolute Gasteiger partial charge is 0.255 e. The van der Waals surface area contributed by atoms with Crippen LogP contribution in [0.25, 0.3) is 10.2 Å². The number of aromatic nitrogens is 1. The van der Waals surface area contributed by atoms with Crippen molar-refractivity contribution in [2.24, 2.45) is 0 Å². The lowest BCUT2D eigenvalue weighted by atomic mass is 10.1. The maximum Gasteiger partial charge on any atom is 0.255 e. The Morgan fingerprint density at radius 3 is 2.74 bits per heavy atom. The van der Waals surface area contributed by atoms with E-state index in [0.717, 1.165) is 15.2 Å². The van der Waals surface area contributed by atoms with Crippen molar-refractivity contribution in [1.29, 1.82) is 0 Å². The Labute approximate surface area is 137 Å². The van der Waals surface area contributed by atoms with Gasteiger partial charge in [-0.25, -0.2) is 4.98 Å². The second-order valence-corrected chi connectivity index (χ2v) is 5.94. The van der Waals surface area contributed by atoms with Crippen LogP contribution in [0.4, 0.5) is 0 Å². The highest BCUT2D eigenvalue weighted by Crippen LogP contribution is 2.25. The van der Waals surface area contributed by atoms with Gasteiger partial charge >= 0.3 is 0 Å². The Balaban J connectivity index is 1.74. The SMILES string of the molecule is COc1ccc(C(=O)NCc2nc3ccccc3s2)c(OC)c1. The van der Waals surface area contributed by atoms with Crippen LogP contribution in [0.5, 0.6) is 11.5 Å². The van der Waals surface area contributed by atoms with Crippen LogP contribution >= 0.6 is 11.3 Å². The summed E-state index contributed by atoms with van der Waals surface area (Å²) >= 11 is 1.57. The van der Waals surface area contributed by atoms with Crippen LogP contribution in [-0.2, 0) is 6.54 Å². The number of thiazole rings is 1. The first-order valence-corrected chi connectivity index (χ1v) is 7.87. The molecule has 1 N–H and O–H groups in total. The van der Waals surface area contributed by atoms with Crippen LogP contribution in [0.15, 0.2) is 42.5 Å². The molecule has 0 spiro atoms. The van der Waals surface area contributed by atoms with Crippen molar-refractivity contribution in [1.82, 2.24) is 10.3 Å². The Hall–Kier alpha value is -2.60. The molecule has 0 aliphatic rings. The highest BCUT2D eigenvalue weighted by molar-refractivity contribution is 7.18. The molecule has 0 fully saturated rings. The zero-order valence-electron chi connectivity index (χ0n) is 12.8. The summed E-state index contributed by atoms with van der Waals surface area (Å²) in [6.45, 7) is 0.382. The number of carbonyl (C=O) groups is 1. The normalized spacial score (nSPS) is 10.5. The standard InChI is InChI=1S/C17H16N2O3S/c1-21-11-7-8-12(14(9-11)22-2)17(20)18-10-16-19-13-5-3-4-6-15(13)23-16/h3-9H,10H2,1-2H3,(H,18,20). The molecule has 2 aromatic carbocycles. The second kappa shape index (κ2) is 6.66. The van der Waals surface area contributed by atoms with Crippen molar-refractivity contribution in [3.8, 4) is 11.5 Å². The van der Waals surface area contributed by atoms with Gasteiger partial charge in [-0.15, -0.1) is 11.3 Å². The molecule has 0 unspecified atom stereocenters. The first-order chi connectivity index (χ1) is 11.2. The van der Waals surface area contributed by atoms with Crippen molar-refractivity contribution in [2.75, 3.05) is 14.2 Å². The molecule has 0 atom stereocenters. The number of hydrogen-bond donors (Lipinski definition) is 1. The monoisotopic (exact) mass is 328 g/mol. The first kappa shape index (κ1) is 15.3. The Morgan fingerprint density at radius 2 is 2.00 bits per heavy atom. The molecule has 0 saturated carbocycles. The fourth-order valence-electron chi connectivity index (χ4n) is 2.23. The van der Waals surface area contributed by atoms with Crippen LogP contribution in [0.2, 0.25) is 0 Å². The van der Waals surface area contributed by atoms with Crippen LogP contribution in [0.1, 0.15) is 15.4 Å². The molecule has 1 amide bonds. The number of nitrogens with one attached hydrogen (secondary N) is 1. The fraction of sp³-hybridized carbons (Fsp3) is 0.176. The summed E-state index contributed by atoms with van der Waals surface area (Å²) in [4.78, 5) is 16.9. The van der Waals surface area contributed by atoms with E-state index in [1.54, 1.807) is 36.6 Å². The molecule has 1 heterocycles. The lowest BCUT2D eigenvalue weighted by Gasteiger charge is -2.10. The number of ether oxygens (including phenoxy) is 2. The molecular weight excluding hydrogens is 312 g/mol. The average Bonchev–Trinajstić information content (AvgIpc) is 3.02. The minimum absolute atomic E-state index is 0.205. The van der Waals surface area contributed by atoms with E-state index in [1.165, 1.54) is 7.11 Å². The van der Waals surface area contributed by atoms with Crippen molar-refractivity contribution in [3.05, 3.63) is 53.0 Å². The third-order valence-corrected chi connectivity index (χ3v) is 4.43. The Bertz CT molecular complexity index is 812. The number of benzene rings is 2. The lowest BCUT2D eigenvalue weighted by molar-refractivity contribution is 0.0948. The van der Waals surface area contributed by atoms with Crippen LogP contribution < -0.4 is 14.8 Å². The number of hydrogen-bond acceptors (Lipinski definition) is 5. The van der Waals surface area contributed by atoms with Gasteiger partial charge in [-0.05, 0) is 24.3 Å². The van der Waals surface area contributed by atoms with Crippen molar-refractivity contribution >= 4 is 27.5 Å². The minimum atomic E-state index is -0.205. The summed E-state index contributed by atoms with van der Waals surface area (Å²) in [5.41, 5.74) is 1.41. The molecule has 0 bridgehead atoms. The summed E-state index contributed by atoms with van der Waals surface area (Å²) in [7, 11) is 3.10. The average molecular weight is 328 g/mol. The highest BCUT2D eigenvalue weighted by atomic mass is 32.1. The quantitative estimate of drug-likeness (QED) is 0.781. The molecule has 6 heteroatoms. The largest absolute Gasteiger partial charge is 0.497 e. The van der Waals surface area contributed by atoms with Gasteiger partial charge in [-0.1, -0.05) is 12.1 Å². The molecule has 23 heavy (non-hydrogen) atoms. The van der Waals surface area contributed by atoms with Crippen LogP contribution in [-0.4, -0.2) is 25.1 Å². The van der Waals surface area contributed by atoms with Gasteiger partial charge in [0, 0.05) is 6.07 Å². The molecule has 5 nitrogen and oxygen atoms in total. The van der Waals surface area contributed by atoms with Gasteiger partial charge in [0.25, 0.3) is 5.91 Å². The molecule has 0 aliphatic heterocycles. The number of methoxy groups -OCH3 is 2. The minimum Gasteiger partial charge on any atom is -0.497 e. The van der Waals surface area contributed by atoms with Gasteiger partial charge in [0.2, 0.25) is 0 Å². The predicted molar refractivity (Wildman–Crippen MR) is 90.3 cm³/mol. The van der Waals surface area contributed by atoms with E-state index in [1.807, 2.05) is 24.3 Å². The number of rotatable bonds is 5. The third-order valence-electron chi connectivity index (χ3n) is 3.39. The number of nitrogens with zero attached hydrogens (tertiary/aromatic N) is 1. The Morgan fingerprint density at radius 1 is 1.17 bits per heavy atom. The molecule has 3 rings (SSSR count). The maximum absolute atomic E-state index is 12.4. The van der Waals surface area contributed by atoms with Crippen LogP contribution in [0, 0.1) is 0 Å². The Kier molecular flexibility index (Phi) is 4.43. The van der Waals surface area contributed by atoms with Crippen molar-refractivity contribution in [3.63, 3.8) is 0 Å². The number of fused-ring (bicyclic) bond motifs is 1. The van der Waals surface area contributed by atoms with Gasteiger partial charge in [-0.2, -0.15) is 0 Å². The van der Waals surface area contributed by atoms with E-state index in [2.05, 4.69) is 10.3 Å². The van der Waals surface area contributed by atoms with E-state index in [0.29, 0.717) is 23.6 Å². The zero-order valence-corrected chi connectivity index (χ0v) is 13.6. The fourth-order valence-corrected chi connectivity index (χ4v) is 3.14. The van der Waals surface area contributed by atoms with Gasteiger partial charge < -0.3 is 14.8 Å². The van der Waals surface area contributed by atoms with E-state index < -0.39 is 0 Å². The molecular formula is C17H16N2O3S. The zero-order chi connectivity index (χ0) is 16.2. The molecule has 0 aliphatic carbocycles. The molecule has 3 aromatic rings. The second-order valence-electron chi connectivity index (χ2n) is 4.82. The number of carbonyl (C=O) groups excluding carboxylic acids is 1. The molecule has 1 aromatic heterocycles. The maximum atomic E-state index is 12.4. The predicted octanol–water partition coefficient (Wildman–Crippen LogP) is 3.24. The van der Waals surface area contributed by atoms with Crippen molar-refractivity contribution < 1.29 is 14.3 Å². The van der Waals surface area contributed by atoms with E-state index in [4.69, 9.17) is 9.47 Å². The molecule has 118 valence electrons. The summed E-state index contributed by atoms with van der Waals surface area (Å²) in [6, 6.07) is 13.0. The van der Waals surface area contributed by atoms with Gasteiger partial charge in [0.1, 0.15) is 16.5 Å². The highest BCUT2D eigenvalue weighted by Gasteiger charge is 2.14. The summed E-state index contributed by atoms with van der Waals surface area (Å²) < 4.78 is 11.5. The van der Waals surface area contributed by atoms with Crippen molar-refractivity contribution in [2.45, 2.75) is 6.54 Å². The summed E-state index contributed by atoms with van der Waals surface area (Å²) in [6.07, 6.45) is 0. The van der Waals surface area contributed by atoms with Crippen LogP contribution in [0.3, 0.4) is 0 Å². The number of amides is 1. The van der Waals surface area contributed by atoms with E-state index in [-0.39, 0.29) is 5.91 Å². The van der Waals surface area contributed by atoms with Gasteiger partial charge in [0.05, 0.1) is 36.5 Å².